The molecule has 4 rings (SSSR count). The van der Waals surface area contributed by atoms with Crippen molar-refractivity contribution >= 4 is 21.6 Å². The van der Waals surface area contributed by atoms with Crippen LogP contribution in [-0.4, -0.2) is 41.2 Å². The van der Waals surface area contributed by atoms with E-state index in [0.29, 0.717) is 22.9 Å². The van der Waals surface area contributed by atoms with Gasteiger partial charge in [-0.05, 0) is 48.9 Å². The van der Waals surface area contributed by atoms with Gasteiger partial charge in [-0.25, -0.2) is 8.42 Å². The summed E-state index contributed by atoms with van der Waals surface area (Å²) in [5, 5.41) is 2.92. The number of ether oxygens (including phenoxy) is 3. The van der Waals surface area contributed by atoms with Crippen LogP contribution in [0.1, 0.15) is 18.5 Å². The van der Waals surface area contributed by atoms with Gasteiger partial charge in [0.15, 0.2) is 17.6 Å². The van der Waals surface area contributed by atoms with Crippen LogP contribution in [0.25, 0.3) is 0 Å². The van der Waals surface area contributed by atoms with E-state index in [9.17, 15) is 13.2 Å². The van der Waals surface area contributed by atoms with Crippen molar-refractivity contribution in [2.24, 2.45) is 0 Å². The summed E-state index contributed by atoms with van der Waals surface area (Å²) in [7, 11) is -0.803. The monoisotopic (exact) mass is 482 g/mol. The summed E-state index contributed by atoms with van der Waals surface area (Å²) in [6.07, 6.45) is -1.03. The quantitative estimate of drug-likeness (QED) is 0.554. The summed E-state index contributed by atoms with van der Waals surface area (Å²) in [4.78, 5) is 13.3. The van der Waals surface area contributed by atoms with Crippen LogP contribution in [0.3, 0.4) is 0 Å². The van der Waals surface area contributed by atoms with Crippen LogP contribution in [0.4, 0.5) is 5.69 Å². The summed E-state index contributed by atoms with van der Waals surface area (Å²) in [6.45, 7) is 1.67. The fraction of sp³-hybridized carbons (Fsp3) is 0.240. The number of methoxy groups -OCH3 is 2. The Bertz CT molecular complexity index is 1280. The van der Waals surface area contributed by atoms with Gasteiger partial charge in [0.2, 0.25) is 0 Å². The van der Waals surface area contributed by atoms with Gasteiger partial charge in [-0.15, -0.1) is 0 Å². The zero-order valence-electron chi connectivity index (χ0n) is 19.1. The molecule has 0 radical (unpaired) electrons. The fourth-order valence-electron chi connectivity index (χ4n) is 3.80. The van der Waals surface area contributed by atoms with Gasteiger partial charge < -0.3 is 19.5 Å². The highest BCUT2D eigenvalue weighted by Gasteiger charge is 2.37. The standard InChI is InChI=1S/C25H26N2O6S/c1-17(18-13-14-22(31-2)23(15-18)32-3)26-25(28)24-16-27(20-11-7-8-12-21(20)33-24)34(29,30)19-9-5-4-6-10-19/h4-15,17,24H,16H2,1-3H3,(H,26,28)/t17-,24-/m1/s1. The molecule has 1 heterocycles. The van der Waals surface area contributed by atoms with E-state index in [2.05, 4.69) is 5.32 Å². The lowest BCUT2D eigenvalue weighted by molar-refractivity contribution is -0.128. The van der Waals surface area contributed by atoms with Crippen LogP contribution >= 0.6 is 0 Å². The Hall–Kier alpha value is -3.72. The van der Waals surface area contributed by atoms with Gasteiger partial charge in [-0.1, -0.05) is 36.4 Å². The summed E-state index contributed by atoms with van der Waals surface area (Å²) in [5.74, 6) is 1.03. The molecule has 0 spiro atoms. The summed E-state index contributed by atoms with van der Waals surface area (Å²) in [6, 6.07) is 19.9. The van der Waals surface area contributed by atoms with E-state index in [1.165, 1.54) is 16.4 Å². The van der Waals surface area contributed by atoms with Gasteiger partial charge >= 0.3 is 0 Å². The Morgan fingerprint density at radius 2 is 1.68 bits per heavy atom. The molecule has 1 aliphatic rings. The van der Waals surface area contributed by atoms with Crippen LogP contribution in [0.5, 0.6) is 17.2 Å². The molecule has 0 fully saturated rings. The Balaban J connectivity index is 1.59. The second-order valence-corrected chi connectivity index (χ2v) is 9.63. The molecule has 0 aliphatic carbocycles. The van der Waals surface area contributed by atoms with Gasteiger partial charge in [0.25, 0.3) is 15.9 Å². The minimum absolute atomic E-state index is 0.143. The lowest BCUT2D eigenvalue weighted by atomic mass is 10.1. The van der Waals surface area contributed by atoms with Gasteiger partial charge in [-0.2, -0.15) is 0 Å². The van der Waals surface area contributed by atoms with Gasteiger partial charge in [-0.3, -0.25) is 9.10 Å². The average molecular weight is 483 g/mol. The number of carbonyl (C=O) groups excluding carboxylic acids is 1. The minimum atomic E-state index is -3.90. The third kappa shape index (κ3) is 4.51. The van der Waals surface area contributed by atoms with Crippen molar-refractivity contribution in [3.05, 3.63) is 78.4 Å². The molecule has 0 saturated heterocycles. The molecule has 0 bridgehead atoms. The van der Waals surface area contributed by atoms with E-state index in [1.807, 2.05) is 13.0 Å². The predicted octanol–water partition coefficient (Wildman–Crippen LogP) is 3.54. The van der Waals surface area contributed by atoms with E-state index < -0.39 is 22.0 Å². The molecule has 0 unspecified atom stereocenters. The van der Waals surface area contributed by atoms with E-state index >= 15 is 0 Å². The van der Waals surface area contributed by atoms with Crippen molar-refractivity contribution < 1.29 is 27.4 Å². The number of nitrogens with zero attached hydrogens (tertiary/aromatic N) is 1. The zero-order chi connectivity index (χ0) is 24.3. The molecule has 1 aliphatic heterocycles. The van der Waals surface area contributed by atoms with Crippen molar-refractivity contribution in [3.63, 3.8) is 0 Å². The van der Waals surface area contributed by atoms with Gasteiger partial charge in [0.1, 0.15) is 5.75 Å². The summed E-state index contributed by atoms with van der Waals surface area (Å²) < 4.78 is 44.6. The highest BCUT2D eigenvalue weighted by molar-refractivity contribution is 7.92. The van der Waals surface area contributed by atoms with Crippen molar-refractivity contribution in [1.82, 2.24) is 5.32 Å². The maximum Gasteiger partial charge on any atom is 0.264 e. The molecular formula is C25H26N2O6S. The molecule has 178 valence electrons. The number of carbonyl (C=O) groups is 1. The van der Waals surface area contributed by atoms with Crippen LogP contribution in [0.15, 0.2) is 77.7 Å². The Morgan fingerprint density at radius 1 is 1.00 bits per heavy atom. The number of hydrogen-bond donors (Lipinski definition) is 1. The first kappa shape index (κ1) is 23.4. The smallest absolute Gasteiger partial charge is 0.264 e. The number of rotatable bonds is 7. The molecule has 1 amide bonds. The van der Waals surface area contributed by atoms with Crippen LogP contribution in [-0.2, 0) is 14.8 Å². The number of anilines is 1. The minimum Gasteiger partial charge on any atom is -0.493 e. The molecule has 9 heteroatoms. The second-order valence-electron chi connectivity index (χ2n) is 7.77. The summed E-state index contributed by atoms with van der Waals surface area (Å²) >= 11 is 0. The first-order valence-corrected chi connectivity index (χ1v) is 12.1. The topological polar surface area (TPSA) is 94.2 Å². The largest absolute Gasteiger partial charge is 0.493 e. The van der Waals surface area contributed by atoms with E-state index in [4.69, 9.17) is 14.2 Å². The van der Waals surface area contributed by atoms with E-state index in [-0.39, 0.29) is 17.5 Å². The number of hydrogen-bond acceptors (Lipinski definition) is 6. The number of benzene rings is 3. The molecule has 2 atom stereocenters. The van der Waals surface area contributed by atoms with E-state index in [0.717, 1.165) is 5.56 Å². The number of amides is 1. The Labute approximate surface area is 199 Å². The third-order valence-electron chi connectivity index (χ3n) is 5.62. The first-order valence-electron chi connectivity index (χ1n) is 10.7. The number of sulfonamides is 1. The second kappa shape index (κ2) is 9.64. The normalized spacial score (nSPS) is 16.1. The molecule has 8 nitrogen and oxygen atoms in total. The highest BCUT2D eigenvalue weighted by Crippen LogP contribution is 2.37. The fourth-order valence-corrected chi connectivity index (χ4v) is 5.29. The number of fused-ring (bicyclic) bond motifs is 1. The molecular weight excluding hydrogens is 456 g/mol. The van der Waals surface area contributed by atoms with Crippen molar-refractivity contribution in [3.8, 4) is 17.2 Å². The molecule has 0 saturated carbocycles. The summed E-state index contributed by atoms with van der Waals surface area (Å²) in [5.41, 5.74) is 1.19. The molecule has 3 aromatic carbocycles. The van der Waals surface area contributed by atoms with Crippen molar-refractivity contribution in [2.75, 3.05) is 25.1 Å². The van der Waals surface area contributed by atoms with Crippen LogP contribution in [0, 0.1) is 0 Å². The van der Waals surface area contributed by atoms with Gasteiger partial charge in [0.05, 0.1) is 37.4 Å². The average Bonchev–Trinajstić information content (AvgIpc) is 2.87. The zero-order valence-corrected chi connectivity index (χ0v) is 19.9. The Kier molecular flexibility index (Phi) is 6.65. The highest BCUT2D eigenvalue weighted by atomic mass is 32.2. The lowest BCUT2D eigenvalue weighted by Crippen LogP contribution is -2.51. The molecule has 3 aromatic rings. The maximum absolute atomic E-state index is 13.4. The predicted molar refractivity (Wildman–Crippen MR) is 128 cm³/mol. The van der Waals surface area contributed by atoms with Gasteiger partial charge in [0, 0.05) is 0 Å². The SMILES string of the molecule is COc1ccc([C@@H](C)NC(=O)[C@H]2CN(S(=O)(=O)c3ccccc3)c3ccccc3O2)cc1OC. The van der Waals surface area contributed by atoms with Crippen molar-refractivity contribution in [1.29, 1.82) is 0 Å². The van der Waals surface area contributed by atoms with Crippen molar-refractivity contribution in [2.45, 2.75) is 24.0 Å². The molecule has 0 aromatic heterocycles. The molecule has 34 heavy (non-hydrogen) atoms. The third-order valence-corrected chi connectivity index (χ3v) is 7.42. The van der Waals surface area contributed by atoms with Crippen LogP contribution < -0.4 is 23.8 Å². The van der Waals surface area contributed by atoms with E-state index in [1.54, 1.807) is 68.8 Å². The number of nitrogens with one attached hydrogen (secondary N) is 1. The lowest BCUT2D eigenvalue weighted by Gasteiger charge is -2.35. The van der Waals surface area contributed by atoms with Crippen LogP contribution in [0.2, 0.25) is 0 Å². The number of para-hydroxylation sites is 2. The first-order chi connectivity index (χ1) is 16.3. The maximum atomic E-state index is 13.4. The Morgan fingerprint density at radius 3 is 2.38 bits per heavy atom. The molecule has 1 N–H and O–H groups in total.